The molecule has 0 N–H and O–H groups in total. The van der Waals surface area contributed by atoms with Crippen molar-refractivity contribution in [3.8, 4) is 0 Å². The van der Waals surface area contributed by atoms with Gasteiger partial charge in [-0.3, -0.25) is 19.6 Å². The molecule has 120 valence electrons. The van der Waals surface area contributed by atoms with Gasteiger partial charge in [0, 0.05) is 24.3 Å². The predicted molar refractivity (Wildman–Crippen MR) is 93.3 cm³/mol. The summed E-state index contributed by atoms with van der Waals surface area (Å²) in [7, 11) is 0. The van der Waals surface area contributed by atoms with Crippen LogP contribution in [0.1, 0.15) is 54.4 Å². The van der Waals surface area contributed by atoms with Crippen molar-refractivity contribution in [2.75, 3.05) is 13.1 Å². The Labute approximate surface area is 140 Å². The first-order chi connectivity index (χ1) is 9.83. The van der Waals surface area contributed by atoms with Crippen molar-refractivity contribution in [1.82, 2.24) is 0 Å². The Morgan fingerprint density at radius 1 is 0.762 bits per heavy atom. The molecule has 0 aliphatic carbocycles. The van der Waals surface area contributed by atoms with Crippen molar-refractivity contribution in [2.45, 2.75) is 63.3 Å². The molecule has 0 saturated heterocycles. The molecular formula is C16H30N2O2Sn. The van der Waals surface area contributed by atoms with Gasteiger partial charge in [0.15, 0.2) is 0 Å². The molecule has 21 heavy (non-hydrogen) atoms. The maximum atomic E-state index is 10.8. The number of hydrogen-bond acceptors (Lipinski definition) is 4. The Morgan fingerprint density at radius 3 is 1.29 bits per heavy atom. The number of carbonyl (C=O) groups is 2. The summed E-state index contributed by atoms with van der Waals surface area (Å²) in [5.74, 6) is 0.245. The van der Waals surface area contributed by atoms with Gasteiger partial charge in [-0.1, -0.05) is 0 Å². The molecule has 0 amide bonds. The molecule has 0 aromatic heterocycles. The molecule has 0 saturated carbocycles. The zero-order valence-corrected chi connectivity index (χ0v) is 17.3. The topological polar surface area (TPSA) is 58.9 Å². The van der Waals surface area contributed by atoms with Crippen molar-refractivity contribution in [2.24, 2.45) is 9.98 Å². The molecule has 0 aliphatic rings. The van der Waals surface area contributed by atoms with Crippen LogP contribution in [0.2, 0.25) is 8.87 Å². The van der Waals surface area contributed by atoms with Crippen LogP contribution in [0.25, 0.3) is 0 Å². The maximum absolute atomic E-state index is 10.8. The van der Waals surface area contributed by atoms with E-state index in [1.54, 1.807) is 13.8 Å². The van der Waals surface area contributed by atoms with Crippen molar-refractivity contribution < 1.29 is 9.59 Å². The Balaban J connectivity index is 0. The first kappa shape index (κ1) is 22.8. The van der Waals surface area contributed by atoms with E-state index in [1.165, 1.54) is 8.87 Å². The van der Waals surface area contributed by atoms with Crippen molar-refractivity contribution >= 4 is 44.1 Å². The van der Waals surface area contributed by atoms with Gasteiger partial charge in [-0.05, 0) is 27.7 Å². The van der Waals surface area contributed by atoms with Crippen LogP contribution in [0.5, 0.6) is 0 Å². The Morgan fingerprint density at radius 2 is 1.10 bits per heavy atom. The van der Waals surface area contributed by atoms with E-state index in [0.717, 1.165) is 11.4 Å². The average molecular weight is 401 g/mol. The van der Waals surface area contributed by atoms with E-state index in [2.05, 4.69) is 23.8 Å². The normalized spacial score (nSPS) is 11.7. The van der Waals surface area contributed by atoms with Crippen molar-refractivity contribution in [3.05, 3.63) is 0 Å². The predicted octanol–water partition coefficient (Wildman–Crippen LogP) is 3.43. The van der Waals surface area contributed by atoms with Gasteiger partial charge < -0.3 is 0 Å². The van der Waals surface area contributed by atoms with Crippen LogP contribution in [-0.2, 0) is 9.59 Å². The van der Waals surface area contributed by atoms with E-state index < -0.39 is 0 Å². The second-order valence-electron chi connectivity index (χ2n) is 4.95. The second-order valence-corrected chi connectivity index (χ2v) is 10.4. The fourth-order valence-corrected chi connectivity index (χ4v) is 2.99. The third kappa shape index (κ3) is 21.9. The van der Waals surface area contributed by atoms with E-state index in [1.807, 2.05) is 13.8 Å². The summed E-state index contributed by atoms with van der Waals surface area (Å²) in [6.07, 6.45) is 0.826. The fourth-order valence-electron chi connectivity index (χ4n) is 1.56. The van der Waals surface area contributed by atoms with E-state index in [4.69, 9.17) is 0 Å². The zero-order valence-electron chi connectivity index (χ0n) is 14.5. The van der Waals surface area contributed by atoms with Gasteiger partial charge in [0.25, 0.3) is 0 Å². The van der Waals surface area contributed by atoms with Gasteiger partial charge in [0.05, 0.1) is 13.1 Å². The molecule has 0 aromatic carbocycles. The average Bonchev–Trinajstić information content (AvgIpc) is 2.34. The number of rotatable bonds is 9. The SMILES string of the molecule is CC(=O)CC(C)=NCCN=C(C)CC(C)=O.C[CH2][Sn][CH2]C. The molecule has 4 nitrogen and oxygen atoms in total. The van der Waals surface area contributed by atoms with E-state index in [9.17, 15) is 9.59 Å². The van der Waals surface area contributed by atoms with Crippen LogP contribution in [0.4, 0.5) is 0 Å². The number of aliphatic imine (C=N–C) groups is 2. The van der Waals surface area contributed by atoms with Crippen LogP contribution in [0.15, 0.2) is 9.98 Å². The molecule has 2 radical (unpaired) electrons. The summed E-state index contributed by atoms with van der Waals surface area (Å²) in [5, 5.41) is 0. The molecule has 0 fully saturated rings. The number of hydrogen-bond donors (Lipinski definition) is 0. The molecule has 0 unspecified atom stereocenters. The molecule has 0 atom stereocenters. The molecule has 0 aromatic rings. The van der Waals surface area contributed by atoms with E-state index in [0.29, 0.717) is 25.9 Å². The standard InChI is InChI=1S/C12H20N2O2.2C2H5.Sn/c1-9(7-11(3)15)13-5-6-14-10(2)8-12(4)16;2*1-2;/h5-8H2,1-4H3;2*1H2,2H3;. The summed E-state index contributed by atoms with van der Waals surface area (Å²) < 4.78 is 3.03. The number of ketones is 2. The first-order valence-electron chi connectivity index (χ1n) is 7.52. The third-order valence-electron chi connectivity index (χ3n) is 2.37. The van der Waals surface area contributed by atoms with Crippen LogP contribution >= 0.6 is 0 Å². The van der Waals surface area contributed by atoms with Gasteiger partial charge in [-0.25, -0.2) is 0 Å². The molecule has 0 heterocycles. The molecule has 5 heteroatoms. The van der Waals surface area contributed by atoms with E-state index in [-0.39, 0.29) is 32.7 Å². The summed E-state index contributed by atoms with van der Waals surface area (Å²) in [5.41, 5.74) is 1.68. The molecule has 0 aliphatic heterocycles. The van der Waals surface area contributed by atoms with Crippen LogP contribution in [0, 0.1) is 0 Å². The van der Waals surface area contributed by atoms with Gasteiger partial charge in [0.1, 0.15) is 11.6 Å². The summed E-state index contributed by atoms with van der Waals surface area (Å²) in [6.45, 7) is 12.5. The van der Waals surface area contributed by atoms with E-state index >= 15 is 0 Å². The fraction of sp³-hybridized carbons (Fsp3) is 0.750. The van der Waals surface area contributed by atoms with Crippen LogP contribution in [0.3, 0.4) is 0 Å². The Kier molecular flexibility index (Phi) is 17.2. The minimum atomic E-state index is 0.123. The molecule has 0 rings (SSSR count). The van der Waals surface area contributed by atoms with Crippen LogP contribution in [-0.4, -0.2) is 57.2 Å². The summed E-state index contributed by atoms with van der Waals surface area (Å²) in [4.78, 5) is 30.0. The monoisotopic (exact) mass is 402 g/mol. The van der Waals surface area contributed by atoms with Gasteiger partial charge in [-0.15, -0.1) is 0 Å². The number of Topliss-reactive ketones (excluding diaryl/α,β-unsaturated/α-hetero) is 2. The zero-order chi connectivity index (χ0) is 16.7. The molecule has 0 bridgehead atoms. The van der Waals surface area contributed by atoms with Gasteiger partial charge in [-0.2, -0.15) is 0 Å². The second kappa shape index (κ2) is 15.9. The van der Waals surface area contributed by atoms with Crippen LogP contribution < -0.4 is 0 Å². The van der Waals surface area contributed by atoms with Gasteiger partial charge in [0.2, 0.25) is 0 Å². The molecule has 0 spiro atoms. The minimum absolute atomic E-state index is 0.123. The third-order valence-corrected chi connectivity index (χ3v) is 5.23. The quantitative estimate of drug-likeness (QED) is 0.338. The van der Waals surface area contributed by atoms with Gasteiger partial charge >= 0.3 is 43.9 Å². The summed E-state index contributed by atoms with van der Waals surface area (Å²) in [6, 6.07) is 0. The Hall–Kier alpha value is -0.521. The number of nitrogens with zero attached hydrogens (tertiary/aromatic N) is 2. The Bertz CT molecular complexity index is 329. The number of carbonyl (C=O) groups excluding carboxylic acids is 2. The summed E-state index contributed by atoms with van der Waals surface area (Å²) >= 11 is 0.218. The van der Waals surface area contributed by atoms with Crippen molar-refractivity contribution in [3.63, 3.8) is 0 Å². The van der Waals surface area contributed by atoms with Crippen molar-refractivity contribution in [1.29, 1.82) is 0 Å². The first-order valence-corrected chi connectivity index (χ1v) is 11.6. The molecular weight excluding hydrogens is 371 g/mol.